The predicted molar refractivity (Wildman–Crippen MR) is 494 cm³/mol. The number of carbonyl (C=O) groups is 12. The number of ether oxygens (including phenoxy) is 12. The van der Waals surface area contributed by atoms with E-state index >= 15 is 36.0 Å². The summed E-state index contributed by atoms with van der Waals surface area (Å²) >= 11 is 0. The van der Waals surface area contributed by atoms with Gasteiger partial charge in [-0.3, -0.25) is 29.8 Å². The van der Waals surface area contributed by atoms with Crippen molar-refractivity contribution in [2.45, 2.75) is 275 Å². The van der Waals surface area contributed by atoms with Crippen LogP contribution in [0.2, 0.25) is 0 Å². The lowest BCUT2D eigenvalue weighted by molar-refractivity contribution is -0.167. The Morgan fingerprint density at radius 3 is 0.896 bits per heavy atom. The van der Waals surface area contributed by atoms with Gasteiger partial charge in [0, 0.05) is 24.5 Å². The molecular formula is C94H124N10O28S2. The second-order valence-corrected chi connectivity index (χ2v) is 41.9. The van der Waals surface area contributed by atoms with Gasteiger partial charge < -0.3 is 67.5 Å². The maximum absolute atomic E-state index is 16.3. The molecule has 40 heteroatoms. The lowest BCUT2D eigenvalue weighted by Crippen LogP contribution is -2.55. The third-order valence-corrected chi connectivity index (χ3v) is 20.4. The maximum Gasteiger partial charge on any atom is 0.437 e. The number of amides is 6. The number of esters is 6. The SMILES string of the molecule is CC(C)(C)OC(=O)C[C@@H](C(=O)OC(C)(C)C)N(CCCCN([C@@H](CC(=O)OC(C)(C)C)C(=O)OC(C)(C)C)S(=O)(=O)N(Cc1ccc(OC(=O)c2ccc(NC(=NC(=O)OC(C)(C)C)NC(=O)OC(C)(C)C)cc2)cc1)C(=O)OCc1ccccc1)S(=O)(=O)N(Cc1ccc(OC(=O)c2ccc(NC(=NC(=O)OC(C)(C)C)NC(=O)OC(C)(C)C)cc2)cc1)C(=O)OCc1ccccc1. The van der Waals surface area contributed by atoms with Crippen LogP contribution in [0.25, 0.3) is 0 Å². The van der Waals surface area contributed by atoms with Crippen LogP contribution >= 0.6 is 0 Å². The highest BCUT2D eigenvalue weighted by molar-refractivity contribution is 7.87. The Kier molecular flexibility index (Phi) is 38.1. The van der Waals surface area contributed by atoms with Gasteiger partial charge in [-0.05, 0) is 274 Å². The van der Waals surface area contributed by atoms with Crippen LogP contribution in [-0.4, -0.2) is 188 Å². The average molecular weight is 1910 g/mol. The van der Waals surface area contributed by atoms with Crippen molar-refractivity contribution >= 4 is 116 Å². The zero-order valence-corrected chi connectivity index (χ0v) is 81.8. The van der Waals surface area contributed by atoms with Gasteiger partial charge in [0.15, 0.2) is 0 Å². The highest BCUT2D eigenvalue weighted by atomic mass is 32.2. The molecule has 134 heavy (non-hydrogen) atoms. The molecule has 0 saturated carbocycles. The third kappa shape index (κ3) is 39.8. The zero-order valence-electron chi connectivity index (χ0n) is 80.2. The van der Waals surface area contributed by atoms with Gasteiger partial charge >= 0.3 is 92.8 Å². The number of rotatable bonds is 31. The minimum atomic E-state index is -5.66. The van der Waals surface area contributed by atoms with E-state index < -0.39 is 215 Å². The second kappa shape index (κ2) is 46.5. The lowest BCUT2D eigenvalue weighted by Gasteiger charge is -2.36. The summed E-state index contributed by atoms with van der Waals surface area (Å²) in [5.41, 5.74) is -7.91. The van der Waals surface area contributed by atoms with E-state index in [0.717, 1.165) is 0 Å². The Morgan fingerprint density at radius 1 is 0.336 bits per heavy atom. The number of hydrogen-bond acceptors (Lipinski definition) is 28. The van der Waals surface area contributed by atoms with Crippen LogP contribution in [0, 0.1) is 0 Å². The summed E-state index contributed by atoms with van der Waals surface area (Å²) in [4.78, 5) is 175. The van der Waals surface area contributed by atoms with Crippen molar-refractivity contribution in [2.75, 3.05) is 23.7 Å². The van der Waals surface area contributed by atoms with Crippen LogP contribution < -0.4 is 30.7 Å². The first-order valence-electron chi connectivity index (χ1n) is 42.7. The maximum atomic E-state index is 16.3. The number of guanidine groups is 2. The standard InChI is InChI=1S/C94H124N10O28S2/c1-87(2,3)125-73(105)55-71(77(109)127-89(7,8)9)101(133(117,118)103(85(115)121-59-63-33-27-25-28-34-63)57-61-37-49-69(50-38-61)123-75(107)65-41-45-67(46-42-65)95-79(97-81(111)129-91(13,14)15)98-82(112)130-92(16,17)18)53-31-32-54-102(72(78(110)128-90(10,11)12)56-74(106)126-88(4,5)6)134(119,120)104(86(116)122-60-64-35-29-26-30-36-64)58-62-39-51-70(52-40-62)124-76(108)66-43-47-68(48-44-66)96-80(99-83(113)131-93(19,20)21)100-84(114)132-94(22,23)24/h25-30,33-52,71-72H,31-32,53-60H2,1-24H3,(H2,95,97,98,111,112)(H2,96,99,100,113,114)/t71-,72-/m0/s1. The zero-order chi connectivity index (χ0) is 101. The van der Waals surface area contributed by atoms with Gasteiger partial charge in [0.2, 0.25) is 11.9 Å². The van der Waals surface area contributed by atoms with Gasteiger partial charge in [0.05, 0.1) is 37.1 Å². The third-order valence-electron chi connectivity index (χ3n) is 16.7. The Labute approximate surface area is 782 Å². The van der Waals surface area contributed by atoms with Crippen molar-refractivity contribution in [3.05, 3.63) is 191 Å². The van der Waals surface area contributed by atoms with E-state index in [-0.39, 0.29) is 65.7 Å². The Bertz CT molecular complexity index is 5060. The summed E-state index contributed by atoms with van der Waals surface area (Å²) in [5, 5.41) is 10.3. The fraction of sp³-hybridized carbons (Fsp3) is 0.468. The molecule has 0 aliphatic heterocycles. The lowest BCUT2D eigenvalue weighted by atomic mass is 10.1. The first-order valence-corrected chi connectivity index (χ1v) is 45.5. The van der Waals surface area contributed by atoms with E-state index in [1.165, 1.54) is 180 Å². The van der Waals surface area contributed by atoms with E-state index in [1.54, 1.807) is 144 Å². The Balaban J connectivity index is 1.43. The number of benzene rings is 6. The molecule has 0 saturated heterocycles. The second-order valence-electron chi connectivity index (χ2n) is 38.3. The average Bonchev–Trinajstić information content (AvgIpc) is 0.779. The normalized spacial score (nSPS) is 13.0. The summed E-state index contributed by atoms with van der Waals surface area (Å²) in [6.45, 7) is 32.5. The number of nitrogens with one attached hydrogen (secondary N) is 4. The van der Waals surface area contributed by atoms with Crippen LogP contribution in [0.5, 0.6) is 11.5 Å². The molecule has 730 valence electrons. The molecule has 6 amide bonds. The summed E-state index contributed by atoms with van der Waals surface area (Å²) in [5.74, 6) is -7.75. The number of aliphatic imine (C=N–C) groups is 2. The summed E-state index contributed by atoms with van der Waals surface area (Å²) in [6, 6.07) is 33.0. The molecule has 6 aromatic rings. The van der Waals surface area contributed by atoms with Crippen molar-refractivity contribution in [1.82, 2.24) is 27.9 Å². The monoisotopic (exact) mass is 1900 g/mol. The topological polar surface area (TPSA) is 470 Å². The van der Waals surface area contributed by atoms with Crippen LogP contribution in [0.1, 0.15) is 235 Å². The summed E-state index contributed by atoms with van der Waals surface area (Å²) < 4.78 is 134. The first-order chi connectivity index (χ1) is 61.8. The van der Waals surface area contributed by atoms with Gasteiger partial charge in [-0.15, -0.1) is 9.98 Å². The van der Waals surface area contributed by atoms with Crippen molar-refractivity contribution in [2.24, 2.45) is 9.98 Å². The van der Waals surface area contributed by atoms with Crippen molar-refractivity contribution in [1.29, 1.82) is 0 Å². The summed E-state index contributed by atoms with van der Waals surface area (Å²) in [7, 11) is -11.3. The van der Waals surface area contributed by atoms with Gasteiger partial charge in [0.1, 0.15) is 81.6 Å². The number of hydrogen-bond donors (Lipinski definition) is 4. The molecule has 6 rings (SSSR count). The van der Waals surface area contributed by atoms with Crippen molar-refractivity contribution in [3.8, 4) is 11.5 Å². The number of nitrogens with zero attached hydrogens (tertiary/aromatic N) is 6. The van der Waals surface area contributed by atoms with Crippen LogP contribution in [-0.2, 0) is 113 Å². The number of unbranched alkanes of at least 4 members (excludes halogenated alkanes) is 1. The molecule has 0 aromatic heterocycles. The molecule has 2 atom stereocenters. The molecule has 6 aromatic carbocycles. The largest absolute Gasteiger partial charge is 0.460 e. The number of carbonyl (C=O) groups excluding carboxylic acids is 12. The van der Waals surface area contributed by atoms with Gasteiger partial charge in [-0.25, -0.2) is 38.4 Å². The van der Waals surface area contributed by atoms with Crippen molar-refractivity contribution in [3.63, 3.8) is 0 Å². The minimum Gasteiger partial charge on any atom is -0.460 e. The highest BCUT2D eigenvalue weighted by Crippen LogP contribution is 2.31. The quantitative estimate of drug-likeness (QED) is 0.00784. The van der Waals surface area contributed by atoms with Gasteiger partial charge in [-0.1, -0.05) is 84.9 Å². The van der Waals surface area contributed by atoms with E-state index in [4.69, 9.17) is 56.8 Å². The molecule has 0 radical (unpaired) electrons. The molecule has 0 aliphatic carbocycles. The molecule has 0 spiro atoms. The molecule has 0 heterocycles. The predicted octanol–water partition coefficient (Wildman–Crippen LogP) is 16.3. The fourth-order valence-electron chi connectivity index (χ4n) is 11.5. The molecule has 38 nitrogen and oxygen atoms in total. The van der Waals surface area contributed by atoms with E-state index in [9.17, 15) is 38.4 Å². The highest BCUT2D eigenvalue weighted by Gasteiger charge is 2.48. The van der Waals surface area contributed by atoms with E-state index in [2.05, 4.69) is 31.3 Å². The molecular weight excluding hydrogens is 1780 g/mol. The molecule has 0 unspecified atom stereocenters. The minimum absolute atomic E-state index is 0.0168. The van der Waals surface area contributed by atoms with Crippen LogP contribution in [0.3, 0.4) is 0 Å². The van der Waals surface area contributed by atoms with E-state index in [1.807, 2.05) is 0 Å². The Hall–Kier alpha value is -13.1. The van der Waals surface area contributed by atoms with Crippen LogP contribution in [0.4, 0.5) is 40.1 Å². The Morgan fingerprint density at radius 2 is 0.619 bits per heavy atom. The van der Waals surface area contributed by atoms with Gasteiger partial charge in [0.25, 0.3) is 0 Å². The molecule has 0 aliphatic rings. The summed E-state index contributed by atoms with van der Waals surface area (Å²) in [6.07, 6.45) is -10.5. The smallest absolute Gasteiger partial charge is 0.437 e. The first kappa shape index (κ1) is 110. The van der Waals surface area contributed by atoms with E-state index in [0.29, 0.717) is 19.7 Å². The molecule has 0 fully saturated rings. The van der Waals surface area contributed by atoms with Crippen LogP contribution in [0.15, 0.2) is 168 Å². The fourth-order valence-corrected chi connectivity index (χ4v) is 14.8. The molecule has 0 bridgehead atoms. The molecule has 4 N–H and O–H groups in total. The number of anilines is 2. The number of alkyl carbamates (subject to hydrolysis) is 2. The van der Waals surface area contributed by atoms with Crippen molar-refractivity contribution < 1.29 is 131 Å². The van der Waals surface area contributed by atoms with Gasteiger partial charge in [-0.2, -0.15) is 34.1 Å².